The zero-order valence-corrected chi connectivity index (χ0v) is 12.3. The molecule has 0 aliphatic rings. The Morgan fingerprint density at radius 3 is 2.67 bits per heavy atom. The number of rotatable bonds is 7. The third-order valence-corrected chi connectivity index (χ3v) is 3.81. The molecule has 1 aromatic heterocycles. The monoisotopic (exact) mass is 270 g/mol. The van der Waals surface area contributed by atoms with E-state index in [0.717, 1.165) is 12.1 Å². The van der Waals surface area contributed by atoms with Gasteiger partial charge in [0.25, 0.3) is 0 Å². The summed E-state index contributed by atoms with van der Waals surface area (Å²) in [4.78, 5) is 13.6. The number of hydrogen-bond acceptors (Lipinski definition) is 4. The molecule has 1 rings (SSSR count). The molecular weight excluding hydrogens is 248 g/mol. The van der Waals surface area contributed by atoms with Crippen LogP contribution in [0, 0.1) is 5.92 Å². The van der Waals surface area contributed by atoms with Crippen molar-refractivity contribution in [2.24, 2.45) is 5.92 Å². The fourth-order valence-electron chi connectivity index (χ4n) is 1.81. The highest BCUT2D eigenvalue weighted by Gasteiger charge is 2.16. The van der Waals surface area contributed by atoms with Crippen molar-refractivity contribution in [3.8, 4) is 0 Å². The molecule has 1 heterocycles. The van der Waals surface area contributed by atoms with E-state index < -0.39 is 5.97 Å². The molecule has 2 N–H and O–H groups in total. The van der Waals surface area contributed by atoms with Gasteiger partial charge >= 0.3 is 5.97 Å². The Morgan fingerprint density at radius 1 is 1.50 bits per heavy atom. The predicted octanol–water partition coefficient (Wildman–Crippen LogP) is 2.12. The summed E-state index contributed by atoms with van der Waals surface area (Å²) < 4.78 is 0. The lowest BCUT2D eigenvalue weighted by molar-refractivity contribution is 0.0701. The van der Waals surface area contributed by atoms with Crippen molar-refractivity contribution < 1.29 is 9.90 Å². The molecule has 0 spiro atoms. The van der Waals surface area contributed by atoms with Crippen LogP contribution < -0.4 is 5.32 Å². The van der Waals surface area contributed by atoms with Gasteiger partial charge in [0.2, 0.25) is 0 Å². The number of carboxylic acids is 1. The highest BCUT2D eigenvalue weighted by Crippen LogP contribution is 2.17. The fourth-order valence-corrected chi connectivity index (χ4v) is 2.57. The number of aromatic carboxylic acids is 1. The molecule has 1 aromatic rings. The summed E-state index contributed by atoms with van der Waals surface area (Å²) in [7, 11) is 4.09. The summed E-state index contributed by atoms with van der Waals surface area (Å²) in [6.45, 7) is 5.91. The van der Waals surface area contributed by atoms with Gasteiger partial charge in [-0.2, -0.15) is 0 Å². The van der Waals surface area contributed by atoms with Crippen LogP contribution in [0.5, 0.6) is 0 Å². The number of nitrogens with one attached hydrogen (secondary N) is 1. The second kappa shape index (κ2) is 6.87. The largest absolute Gasteiger partial charge is 0.477 e. The average molecular weight is 270 g/mol. The van der Waals surface area contributed by atoms with Crippen LogP contribution >= 0.6 is 11.3 Å². The first kappa shape index (κ1) is 15.1. The van der Waals surface area contributed by atoms with Crippen molar-refractivity contribution in [2.45, 2.75) is 26.4 Å². The molecule has 0 saturated carbocycles. The van der Waals surface area contributed by atoms with Gasteiger partial charge in [-0.3, -0.25) is 0 Å². The Labute approximate surface area is 113 Å². The molecule has 1 atom stereocenters. The van der Waals surface area contributed by atoms with Crippen LogP contribution in [0.4, 0.5) is 0 Å². The van der Waals surface area contributed by atoms with Gasteiger partial charge in [-0.15, -0.1) is 11.3 Å². The van der Waals surface area contributed by atoms with Crippen LogP contribution in [0.25, 0.3) is 0 Å². The second-order valence-electron chi connectivity index (χ2n) is 5.07. The minimum absolute atomic E-state index is 0.363. The van der Waals surface area contributed by atoms with Gasteiger partial charge in [-0.05, 0) is 37.0 Å². The van der Waals surface area contributed by atoms with Gasteiger partial charge in [-0.1, -0.05) is 13.8 Å². The van der Waals surface area contributed by atoms with Crippen LogP contribution in [-0.4, -0.2) is 42.7 Å². The van der Waals surface area contributed by atoms with E-state index >= 15 is 0 Å². The molecule has 0 radical (unpaired) electrons. The van der Waals surface area contributed by atoms with Crippen LogP contribution in [0.2, 0.25) is 0 Å². The molecule has 0 bridgehead atoms. The van der Waals surface area contributed by atoms with Gasteiger partial charge in [0, 0.05) is 19.1 Å². The molecule has 18 heavy (non-hydrogen) atoms. The van der Waals surface area contributed by atoms with Crippen LogP contribution in [0.15, 0.2) is 11.4 Å². The lowest BCUT2D eigenvalue weighted by atomic mass is 10.0. The van der Waals surface area contributed by atoms with Crippen LogP contribution in [-0.2, 0) is 6.54 Å². The lowest BCUT2D eigenvalue weighted by Gasteiger charge is -2.25. The van der Waals surface area contributed by atoms with Crippen molar-refractivity contribution in [2.75, 3.05) is 20.6 Å². The van der Waals surface area contributed by atoms with E-state index in [0.29, 0.717) is 23.4 Å². The maximum atomic E-state index is 11.0. The molecule has 0 saturated heterocycles. The number of nitrogens with zero attached hydrogens (tertiary/aromatic N) is 1. The average Bonchev–Trinajstić information content (AvgIpc) is 2.71. The Morgan fingerprint density at radius 2 is 2.17 bits per heavy atom. The van der Waals surface area contributed by atoms with E-state index in [2.05, 4.69) is 24.1 Å². The van der Waals surface area contributed by atoms with Gasteiger partial charge in [-0.25, -0.2) is 4.79 Å². The van der Waals surface area contributed by atoms with Crippen molar-refractivity contribution in [3.05, 3.63) is 21.9 Å². The highest BCUT2D eigenvalue weighted by molar-refractivity contribution is 7.12. The molecule has 1 unspecified atom stereocenters. The number of likely N-dealkylation sites (N-methyl/N-ethyl adjacent to an activating group) is 1. The first-order chi connectivity index (χ1) is 8.41. The van der Waals surface area contributed by atoms with Crippen molar-refractivity contribution in [1.29, 1.82) is 0 Å². The van der Waals surface area contributed by atoms with E-state index in [1.54, 1.807) is 0 Å². The molecule has 5 heteroatoms. The predicted molar refractivity (Wildman–Crippen MR) is 75.3 cm³/mol. The summed E-state index contributed by atoms with van der Waals surface area (Å²) in [5, 5.41) is 14.3. The lowest BCUT2D eigenvalue weighted by Crippen LogP contribution is -2.41. The minimum atomic E-state index is -0.837. The molecule has 0 aromatic carbocycles. The molecule has 0 amide bonds. The van der Waals surface area contributed by atoms with Gasteiger partial charge < -0.3 is 15.3 Å². The number of hydrogen-bond donors (Lipinski definition) is 2. The minimum Gasteiger partial charge on any atom is -0.477 e. The summed E-state index contributed by atoms with van der Waals surface area (Å²) in [5.41, 5.74) is 0.872. The van der Waals surface area contributed by atoms with Gasteiger partial charge in [0.15, 0.2) is 0 Å². The first-order valence-electron chi connectivity index (χ1n) is 6.09. The molecular formula is C13H22N2O2S. The Kier molecular flexibility index (Phi) is 5.78. The molecule has 4 nitrogen and oxygen atoms in total. The summed E-state index contributed by atoms with van der Waals surface area (Å²) in [5.74, 6) is -0.324. The first-order valence-corrected chi connectivity index (χ1v) is 6.97. The molecule has 0 aliphatic carbocycles. The smallest absolute Gasteiger partial charge is 0.346 e. The quantitative estimate of drug-likeness (QED) is 0.797. The maximum absolute atomic E-state index is 11.0. The topological polar surface area (TPSA) is 52.6 Å². The molecule has 0 aliphatic heterocycles. The normalized spacial score (nSPS) is 13.2. The van der Waals surface area contributed by atoms with Crippen molar-refractivity contribution >= 4 is 17.3 Å². The maximum Gasteiger partial charge on any atom is 0.346 e. The Bertz CT molecular complexity index is 388. The molecule has 0 fully saturated rings. The van der Waals surface area contributed by atoms with E-state index in [9.17, 15) is 4.79 Å². The van der Waals surface area contributed by atoms with Gasteiger partial charge in [0.05, 0.1) is 0 Å². The van der Waals surface area contributed by atoms with Crippen LogP contribution in [0.1, 0.15) is 29.1 Å². The third kappa shape index (κ3) is 4.40. The standard InChI is InChI=1S/C13H22N2O2S/c1-9(2)11(8-15(3)4)14-7-10-5-6-18-12(10)13(16)17/h5-6,9,11,14H,7-8H2,1-4H3,(H,16,17). The third-order valence-electron chi connectivity index (χ3n) is 2.86. The number of thiophene rings is 1. The zero-order valence-electron chi connectivity index (χ0n) is 11.4. The van der Waals surface area contributed by atoms with E-state index in [1.165, 1.54) is 11.3 Å². The number of carbonyl (C=O) groups is 1. The van der Waals surface area contributed by atoms with E-state index in [1.807, 2.05) is 25.5 Å². The second-order valence-corrected chi connectivity index (χ2v) is 5.99. The van der Waals surface area contributed by atoms with E-state index in [-0.39, 0.29) is 0 Å². The van der Waals surface area contributed by atoms with Crippen molar-refractivity contribution in [1.82, 2.24) is 10.2 Å². The zero-order chi connectivity index (χ0) is 13.7. The Hall–Kier alpha value is -0.910. The Balaban J connectivity index is 2.61. The summed E-state index contributed by atoms with van der Waals surface area (Å²) in [6.07, 6.45) is 0. The SMILES string of the molecule is CC(C)C(CN(C)C)NCc1ccsc1C(=O)O. The molecule has 102 valence electrons. The van der Waals surface area contributed by atoms with Gasteiger partial charge in [0.1, 0.15) is 4.88 Å². The van der Waals surface area contributed by atoms with E-state index in [4.69, 9.17) is 5.11 Å². The number of carboxylic acid groups (broad SMARTS) is 1. The van der Waals surface area contributed by atoms with Crippen molar-refractivity contribution in [3.63, 3.8) is 0 Å². The fraction of sp³-hybridized carbons (Fsp3) is 0.615. The van der Waals surface area contributed by atoms with Crippen LogP contribution in [0.3, 0.4) is 0 Å². The summed E-state index contributed by atoms with van der Waals surface area (Å²) >= 11 is 1.28. The summed E-state index contributed by atoms with van der Waals surface area (Å²) in [6, 6.07) is 2.25. The highest BCUT2D eigenvalue weighted by atomic mass is 32.1.